The van der Waals surface area contributed by atoms with Crippen LogP contribution in [-0.4, -0.2) is 9.38 Å². The van der Waals surface area contributed by atoms with Crippen molar-refractivity contribution in [2.24, 2.45) is 0 Å². The van der Waals surface area contributed by atoms with Crippen LogP contribution in [0.2, 0.25) is 0 Å². The van der Waals surface area contributed by atoms with E-state index in [1.54, 1.807) is 0 Å². The molecule has 4 aromatic heterocycles. The molecule has 0 aliphatic heterocycles. The van der Waals surface area contributed by atoms with E-state index in [2.05, 4.69) is 211 Å². The molecule has 4 heterocycles. The van der Waals surface area contributed by atoms with Gasteiger partial charge in [0, 0.05) is 37.2 Å². The highest BCUT2D eigenvalue weighted by Crippen LogP contribution is 2.45. The molecule has 67 heavy (non-hydrogen) atoms. The van der Waals surface area contributed by atoms with Gasteiger partial charge < -0.3 is 4.42 Å². The molecule has 0 bridgehead atoms. The standard InChI is InChI=1S/C63H36N2OS/c1-2-12-43-35-54-44(34-42(43)11-1)29-33-56-59(54)64-63-62-55(53-30-28-37-10-3-4-13-48(37)61(53)67-62)36-57(65(56)63)41-26-24-39(25-27-41)46-32-31-45(49-14-5-6-15-50(46)49)38-20-22-40(23-21-38)47-17-9-18-52-51-16-7-8-19-58(51)66-60(47)52/h1-36H. The third-order valence-corrected chi connectivity index (χ3v) is 15.4. The average Bonchev–Trinajstić information content (AvgIpc) is 4.10. The molecule has 0 aliphatic rings. The molecule has 0 amide bonds. The smallest absolute Gasteiger partial charge is 0.156 e. The number of benzene rings is 11. The fraction of sp³-hybridized carbons (Fsp3) is 0. The molecule has 0 radical (unpaired) electrons. The second-order valence-corrected chi connectivity index (χ2v) is 18.8. The fourth-order valence-electron chi connectivity index (χ4n) is 10.9. The summed E-state index contributed by atoms with van der Waals surface area (Å²) < 4.78 is 11.3. The van der Waals surface area contributed by atoms with Crippen molar-refractivity contribution in [1.82, 2.24) is 9.38 Å². The van der Waals surface area contributed by atoms with Crippen LogP contribution in [-0.2, 0) is 0 Å². The average molecular weight is 869 g/mol. The molecule has 4 heteroatoms. The van der Waals surface area contributed by atoms with Gasteiger partial charge in [-0.2, -0.15) is 0 Å². The lowest BCUT2D eigenvalue weighted by atomic mass is 9.91. The van der Waals surface area contributed by atoms with Gasteiger partial charge in [0.05, 0.1) is 21.4 Å². The van der Waals surface area contributed by atoms with Crippen LogP contribution in [0, 0.1) is 0 Å². The number of furan rings is 1. The van der Waals surface area contributed by atoms with E-state index in [9.17, 15) is 0 Å². The molecule has 0 atom stereocenters. The van der Waals surface area contributed by atoms with Gasteiger partial charge in [-0.15, -0.1) is 11.3 Å². The largest absolute Gasteiger partial charge is 0.455 e. The Bertz CT molecular complexity index is 4550. The fourth-order valence-corrected chi connectivity index (χ4v) is 12.2. The molecule has 0 aliphatic carbocycles. The molecular formula is C63H36N2OS. The number of fused-ring (bicyclic) bond motifs is 16. The summed E-state index contributed by atoms with van der Waals surface area (Å²) in [5.41, 5.74) is 14.3. The zero-order valence-electron chi connectivity index (χ0n) is 36.0. The number of aromatic nitrogens is 2. The number of para-hydroxylation sites is 2. The van der Waals surface area contributed by atoms with Crippen LogP contribution in [0.3, 0.4) is 0 Å². The summed E-state index contributed by atoms with van der Waals surface area (Å²) in [6.45, 7) is 0. The van der Waals surface area contributed by atoms with Crippen LogP contribution in [0.5, 0.6) is 0 Å². The lowest BCUT2D eigenvalue weighted by molar-refractivity contribution is 0.670. The Labute approximate surface area is 388 Å². The van der Waals surface area contributed by atoms with Gasteiger partial charge in [0.15, 0.2) is 5.65 Å². The van der Waals surface area contributed by atoms with Crippen LogP contribution in [0.15, 0.2) is 223 Å². The first-order valence-corrected chi connectivity index (χ1v) is 23.7. The van der Waals surface area contributed by atoms with Crippen LogP contribution < -0.4 is 0 Å². The van der Waals surface area contributed by atoms with Crippen LogP contribution in [0.4, 0.5) is 0 Å². The van der Waals surface area contributed by atoms with E-state index >= 15 is 0 Å². The van der Waals surface area contributed by atoms with Gasteiger partial charge in [-0.1, -0.05) is 188 Å². The predicted octanol–water partition coefficient (Wildman–Crippen LogP) is 18.0. The van der Waals surface area contributed by atoms with Gasteiger partial charge in [-0.3, -0.25) is 4.40 Å². The van der Waals surface area contributed by atoms with Crippen molar-refractivity contribution in [1.29, 1.82) is 0 Å². The summed E-state index contributed by atoms with van der Waals surface area (Å²) in [6.07, 6.45) is 0. The first kappa shape index (κ1) is 36.7. The zero-order chi connectivity index (χ0) is 43.7. The monoisotopic (exact) mass is 868 g/mol. The van der Waals surface area contributed by atoms with E-state index < -0.39 is 0 Å². The van der Waals surface area contributed by atoms with Gasteiger partial charge in [-0.05, 0) is 101 Å². The molecule has 310 valence electrons. The summed E-state index contributed by atoms with van der Waals surface area (Å²) in [5.74, 6) is 0. The summed E-state index contributed by atoms with van der Waals surface area (Å²) in [4.78, 5) is 5.58. The Balaban J connectivity index is 0.863. The number of nitrogens with zero attached hydrogens (tertiary/aromatic N) is 2. The Morgan fingerprint density at radius 2 is 0.955 bits per heavy atom. The highest BCUT2D eigenvalue weighted by atomic mass is 32.1. The third kappa shape index (κ3) is 5.42. The Kier molecular flexibility index (Phi) is 7.66. The first-order chi connectivity index (χ1) is 33.2. The maximum Gasteiger partial charge on any atom is 0.156 e. The van der Waals surface area contributed by atoms with Gasteiger partial charge in [0.25, 0.3) is 0 Å². The minimum absolute atomic E-state index is 0.914. The second kappa shape index (κ2) is 14.0. The number of rotatable bonds is 4. The van der Waals surface area contributed by atoms with Crippen molar-refractivity contribution in [3.8, 4) is 44.6 Å². The van der Waals surface area contributed by atoms with Crippen LogP contribution in [0.1, 0.15) is 0 Å². The van der Waals surface area contributed by atoms with E-state index in [0.29, 0.717) is 0 Å². The Morgan fingerprint density at radius 3 is 1.70 bits per heavy atom. The Hall–Kier alpha value is -8.57. The van der Waals surface area contributed by atoms with Crippen molar-refractivity contribution in [3.05, 3.63) is 218 Å². The summed E-state index contributed by atoms with van der Waals surface area (Å²) in [7, 11) is 0. The molecule has 15 rings (SSSR count). The summed E-state index contributed by atoms with van der Waals surface area (Å²) >= 11 is 1.86. The number of thiophene rings is 1. The molecule has 0 unspecified atom stereocenters. The van der Waals surface area contributed by atoms with E-state index in [4.69, 9.17) is 9.40 Å². The highest BCUT2D eigenvalue weighted by Gasteiger charge is 2.21. The number of imidazole rings is 1. The maximum absolute atomic E-state index is 6.39. The van der Waals surface area contributed by atoms with Crippen LogP contribution >= 0.6 is 11.3 Å². The van der Waals surface area contributed by atoms with Gasteiger partial charge in [-0.25, -0.2) is 4.98 Å². The predicted molar refractivity (Wildman–Crippen MR) is 285 cm³/mol. The molecule has 0 fully saturated rings. The molecule has 3 nitrogen and oxygen atoms in total. The summed E-state index contributed by atoms with van der Waals surface area (Å²) in [5, 5.41) is 14.6. The highest BCUT2D eigenvalue weighted by molar-refractivity contribution is 7.27. The molecule has 0 saturated carbocycles. The minimum Gasteiger partial charge on any atom is -0.455 e. The molecule has 0 N–H and O–H groups in total. The third-order valence-electron chi connectivity index (χ3n) is 14.2. The molecule has 11 aromatic carbocycles. The van der Waals surface area contributed by atoms with Crippen molar-refractivity contribution >= 4 is 113 Å². The van der Waals surface area contributed by atoms with Crippen molar-refractivity contribution in [3.63, 3.8) is 0 Å². The number of hydrogen-bond acceptors (Lipinski definition) is 3. The maximum atomic E-state index is 6.39. The van der Waals surface area contributed by atoms with E-state index in [1.807, 2.05) is 23.5 Å². The summed E-state index contributed by atoms with van der Waals surface area (Å²) in [6, 6.07) is 79.7. The van der Waals surface area contributed by atoms with Gasteiger partial charge >= 0.3 is 0 Å². The van der Waals surface area contributed by atoms with Crippen molar-refractivity contribution in [2.75, 3.05) is 0 Å². The molecular weight excluding hydrogens is 833 g/mol. The Morgan fingerprint density at radius 1 is 0.358 bits per heavy atom. The van der Waals surface area contributed by atoms with Crippen molar-refractivity contribution in [2.45, 2.75) is 0 Å². The van der Waals surface area contributed by atoms with Gasteiger partial charge in [0.1, 0.15) is 11.2 Å². The normalized spacial score (nSPS) is 12.2. The number of pyridine rings is 1. The van der Waals surface area contributed by atoms with E-state index in [0.717, 1.165) is 61.0 Å². The quantitative estimate of drug-likeness (QED) is 0.165. The molecule has 0 spiro atoms. The molecule has 0 saturated heterocycles. The van der Waals surface area contributed by atoms with Gasteiger partial charge in [0.2, 0.25) is 0 Å². The van der Waals surface area contributed by atoms with Crippen molar-refractivity contribution < 1.29 is 4.42 Å². The zero-order valence-corrected chi connectivity index (χ0v) is 36.8. The minimum atomic E-state index is 0.914. The topological polar surface area (TPSA) is 30.4 Å². The van der Waals surface area contributed by atoms with E-state index in [1.165, 1.54) is 85.5 Å². The first-order valence-electron chi connectivity index (χ1n) is 22.8. The lowest BCUT2D eigenvalue weighted by Crippen LogP contribution is -1.93. The second-order valence-electron chi connectivity index (χ2n) is 17.8. The molecule has 15 aromatic rings. The SMILES string of the molecule is c1ccc2cc3c(ccc4c3nc3c5sc6c7ccccc7ccc6c5cc(-c5ccc(-c6ccc(-c7ccc(-c8cccc9c8oc8ccccc89)cc7)c7ccccc67)cc5)n43)cc2c1. The van der Waals surface area contributed by atoms with E-state index in [-0.39, 0.29) is 0 Å². The lowest BCUT2D eigenvalue weighted by Gasteiger charge is -2.14. The number of hydrogen-bond donors (Lipinski definition) is 0. The van der Waals surface area contributed by atoms with Crippen LogP contribution in [0.25, 0.3) is 147 Å².